The van der Waals surface area contributed by atoms with Crippen molar-refractivity contribution in [1.82, 2.24) is 0 Å². The maximum Gasteiger partial charge on any atom is 0.416 e. The van der Waals surface area contributed by atoms with E-state index in [1.165, 1.54) is 6.07 Å². The standard InChI is InChI=1S/C11H13F3O2/c12-11(13,14)10-3-1-2-8(5-10)4-9(6-15)7-16/h1-3,5,9,15-16H,4,6-7H2. The summed E-state index contributed by atoms with van der Waals surface area (Å²) in [5.74, 6) is -0.413. The van der Waals surface area contributed by atoms with Crippen LogP contribution in [0, 0.1) is 5.92 Å². The molecule has 0 saturated heterocycles. The van der Waals surface area contributed by atoms with E-state index in [2.05, 4.69) is 0 Å². The third-order valence-electron chi connectivity index (χ3n) is 2.30. The molecule has 0 amide bonds. The van der Waals surface area contributed by atoms with E-state index < -0.39 is 17.7 Å². The summed E-state index contributed by atoms with van der Waals surface area (Å²) in [5.41, 5.74) is -0.248. The molecule has 0 atom stereocenters. The monoisotopic (exact) mass is 234 g/mol. The van der Waals surface area contributed by atoms with E-state index in [0.29, 0.717) is 5.56 Å². The van der Waals surface area contributed by atoms with Crippen molar-refractivity contribution in [3.63, 3.8) is 0 Å². The Morgan fingerprint density at radius 2 is 1.75 bits per heavy atom. The van der Waals surface area contributed by atoms with Gasteiger partial charge in [0.25, 0.3) is 0 Å². The molecule has 0 aliphatic heterocycles. The molecule has 1 aromatic rings. The van der Waals surface area contributed by atoms with E-state index in [1.54, 1.807) is 6.07 Å². The molecular formula is C11H13F3O2. The third-order valence-corrected chi connectivity index (χ3v) is 2.30. The maximum absolute atomic E-state index is 12.4. The number of hydrogen-bond acceptors (Lipinski definition) is 2. The summed E-state index contributed by atoms with van der Waals surface area (Å²) in [4.78, 5) is 0. The molecule has 90 valence electrons. The molecule has 0 unspecified atom stereocenters. The van der Waals surface area contributed by atoms with E-state index in [9.17, 15) is 13.2 Å². The second-order valence-corrected chi connectivity index (χ2v) is 3.63. The highest BCUT2D eigenvalue weighted by atomic mass is 19.4. The largest absolute Gasteiger partial charge is 0.416 e. The fourth-order valence-corrected chi connectivity index (χ4v) is 1.39. The molecule has 0 fully saturated rings. The first-order valence-electron chi connectivity index (χ1n) is 4.85. The molecule has 0 saturated carbocycles. The average Bonchev–Trinajstić information content (AvgIpc) is 2.25. The van der Waals surface area contributed by atoms with E-state index in [-0.39, 0.29) is 19.6 Å². The molecule has 0 aliphatic rings. The van der Waals surface area contributed by atoms with Gasteiger partial charge in [-0.1, -0.05) is 18.2 Å². The van der Waals surface area contributed by atoms with E-state index in [1.807, 2.05) is 0 Å². The molecule has 5 heteroatoms. The molecule has 1 aromatic carbocycles. The van der Waals surface area contributed by atoms with Crippen molar-refractivity contribution in [1.29, 1.82) is 0 Å². The molecule has 0 heterocycles. The zero-order valence-corrected chi connectivity index (χ0v) is 8.54. The lowest BCUT2D eigenvalue weighted by atomic mass is 9.99. The van der Waals surface area contributed by atoms with Gasteiger partial charge in [0.15, 0.2) is 0 Å². The smallest absolute Gasteiger partial charge is 0.396 e. The Morgan fingerprint density at radius 3 is 2.25 bits per heavy atom. The summed E-state index contributed by atoms with van der Waals surface area (Å²) >= 11 is 0. The highest BCUT2D eigenvalue weighted by Gasteiger charge is 2.30. The lowest BCUT2D eigenvalue weighted by Crippen LogP contribution is -2.14. The predicted octanol–water partition coefficient (Wildman–Crippen LogP) is 1.85. The summed E-state index contributed by atoms with van der Waals surface area (Å²) in [6.07, 6.45) is -4.12. The second kappa shape index (κ2) is 5.32. The minimum atomic E-state index is -4.36. The van der Waals surface area contributed by atoms with Crippen molar-refractivity contribution < 1.29 is 23.4 Å². The Bertz CT molecular complexity index is 332. The molecular weight excluding hydrogens is 221 g/mol. The van der Waals surface area contributed by atoms with Gasteiger partial charge < -0.3 is 10.2 Å². The van der Waals surface area contributed by atoms with Crippen LogP contribution < -0.4 is 0 Å². The molecule has 0 aromatic heterocycles. The predicted molar refractivity (Wildman–Crippen MR) is 52.8 cm³/mol. The summed E-state index contributed by atoms with van der Waals surface area (Å²) in [6, 6.07) is 4.91. The van der Waals surface area contributed by atoms with E-state index in [0.717, 1.165) is 12.1 Å². The highest BCUT2D eigenvalue weighted by molar-refractivity contribution is 5.26. The number of hydrogen-bond donors (Lipinski definition) is 2. The van der Waals surface area contributed by atoms with Gasteiger partial charge in [0.1, 0.15) is 0 Å². The first kappa shape index (κ1) is 13.0. The van der Waals surface area contributed by atoms with Crippen LogP contribution in [0.5, 0.6) is 0 Å². The lowest BCUT2D eigenvalue weighted by molar-refractivity contribution is -0.137. The summed E-state index contributed by atoms with van der Waals surface area (Å²) in [7, 11) is 0. The van der Waals surface area contributed by atoms with Gasteiger partial charge in [0, 0.05) is 19.1 Å². The topological polar surface area (TPSA) is 40.5 Å². The van der Waals surface area contributed by atoms with Crippen molar-refractivity contribution in [3.8, 4) is 0 Å². The van der Waals surface area contributed by atoms with Gasteiger partial charge in [0.2, 0.25) is 0 Å². The number of aliphatic hydroxyl groups is 2. The zero-order valence-electron chi connectivity index (χ0n) is 8.54. The zero-order chi connectivity index (χ0) is 12.2. The molecule has 2 nitrogen and oxygen atoms in total. The van der Waals surface area contributed by atoms with Crippen molar-refractivity contribution >= 4 is 0 Å². The maximum atomic E-state index is 12.4. The SMILES string of the molecule is OCC(CO)Cc1cccc(C(F)(F)F)c1. The summed E-state index contributed by atoms with van der Waals surface area (Å²) in [5, 5.41) is 17.7. The van der Waals surface area contributed by atoms with Crippen molar-refractivity contribution in [2.24, 2.45) is 5.92 Å². The quantitative estimate of drug-likeness (QED) is 0.834. The van der Waals surface area contributed by atoms with Gasteiger partial charge in [-0.15, -0.1) is 0 Å². The van der Waals surface area contributed by atoms with Crippen LogP contribution in [0.1, 0.15) is 11.1 Å². The summed E-state index contributed by atoms with van der Waals surface area (Å²) in [6.45, 7) is -0.487. The van der Waals surface area contributed by atoms with Crippen molar-refractivity contribution in [3.05, 3.63) is 35.4 Å². The molecule has 0 aliphatic carbocycles. The number of rotatable bonds is 4. The van der Waals surface area contributed by atoms with Crippen LogP contribution in [0.4, 0.5) is 13.2 Å². The Labute approximate surface area is 91.3 Å². The molecule has 0 radical (unpaired) electrons. The lowest BCUT2D eigenvalue weighted by Gasteiger charge is -2.12. The van der Waals surface area contributed by atoms with Gasteiger partial charge in [-0.05, 0) is 18.1 Å². The van der Waals surface area contributed by atoms with E-state index >= 15 is 0 Å². The van der Waals surface area contributed by atoms with Gasteiger partial charge in [-0.25, -0.2) is 0 Å². The number of halogens is 3. The second-order valence-electron chi connectivity index (χ2n) is 3.63. The molecule has 2 N–H and O–H groups in total. The Morgan fingerprint density at radius 1 is 1.12 bits per heavy atom. The van der Waals surface area contributed by atoms with Gasteiger partial charge in [0.05, 0.1) is 5.56 Å². The van der Waals surface area contributed by atoms with Crippen molar-refractivity contribution in [2.75, 3.05) is 13.2 Å². The number of benzene rings is 1. The summed E-state index contributed by atoms with van der Waals surface area (Å²) < 4.78 is 37.1. The molecule has 0 spiro atoms. The van der Waals surface area contributed by atoms with E-state index in [4.69, 9.17) is 10.2 Å². The Balaban J connectivity index is 2.82. The third kappa shape index (κ3) is 3.50. The van der Waals surface area contributed by atoms with Crippen LogP contribution in [-0.4, -0.2) is 23.4 Å². The van der Waals surface area contributed by atoms with Crippen LogP contribution in [0.25, 0.3) is 0 Å². The molecule has 1 rings (SSSR count). The highest BCUT2D eigenvalue weighted by Crippen LogP contribution is 2.29. The first-order chi connectivity index (χ1) is 7.47. The van der Waals surface area contributed by atoms with Gasteiger partial charge >= 0.3 is 6.18 Å². The fourth-order valence-electron chi connectivity index (χ4n) is 1.39. The van der Waals surface area contributed by atoms with Gasteiger partial charge in [-0.3, -0.25) is 0 Å². The molecule has 0 bridgehead atoms. The normalized spacial score (nSPS) is 12.1. The van der Waals surface area contributed by atoms with Crippen LogP contribution >= 0.6 is 0 Å². The molecule has 16 heavy (non-hydrogen) atoms. The Hall–Kier alpha value is -1.07. The first-order valence-corrected chi connectivity index (χ1v) is 4.85. The Kier molecular flexibility index (Phi) is 4.32. The van der Waals surface area contributed by atoms with Crippen LogP contribution in [0.3, 0.4) is 0 Å². The fraction of sp³-hybridized carbons (Fsp3) is 0.455. The minimum absolute atomic E-state index is 0.233. The average molecular weight is 234 g/mol. The van der Waals surface area contributed by atoms with Crippen LogP contribution in [0.2, 0.25) is 0 Å². The number of aliphatic hydroxyl groups excluding tert-OH is 2. The number of alkyl halides is 3. The minimum Gasteiger partial charge on any atom is -0.396 e. The van der Waals surface area contributed by atoms with Crippen molar-refractivity contribution in [2.45, 2.75) is 12.6 Å². The van der Waals surface area contributed by atoms with Crippen LogP contribution in [0.15, 0.2) is 24.3 Å². The van der Waals surface area contributed by atoms with Gasteiger partial charge in [-0.2, -0.15) is 13.2 Å². The van der Waals surface area contributed by atoms with Crippen LogP contribution in [-0.2, 0) is 12.6 Å².